The molecule has 0 saturated carbocycles. The van der Waals surface area contributed by atoms with Crippen molar-refractivity contribution in [3.63, 3.8) is 0 Å². The molecule has 0 aliphatic carbocycles. The zero-order chi connectivity index (χ0) is 9.68. The Morgan fingerprint density at radius 3 is 3.15 bits per heavy atom. The quantitative estimate of drug-likeness (QED) is 0.702. The van der Waals surface area contributed by atoms with Crippen LogP contribution in [0.15, 0.2) is 29.3 Å². The number of aliphatic imine (C=N–C) groups is 1. The molecule has 1 amide bonds. The minimum Gasteiger partial charge on any atom is -0.467 e. The number of hydrogen-bond acceptors (Lipinski definition) is 3. The SMILES string of the molecule is CCC(C(N)=O)C1=CN=CC=CO1. The van der Waals surface area contributed by atoms with Crippen LogP contribution in [0.1, 0.15) is 13.3 Å². The van der Waals surface area contributed by atoms with Gasteiger partial charge in [0.2, 0.25) is 5.91 Å². The van der Waals surface area contributed by atoms with E-state index in [1.807, 2.05) is 6.92 Å². The summed E-state index contributed by atoms with van der Waals surface area (Å²) in [5.74, 6) is -0.279. The zero-order valence-electron chi connectivity index (χ0n) is 7.43. The maximum Gasteiger partial charge on any atom is 0.228 e. The summed E-state index contributed by atoms with van der Waals surface area (Å²) in [6, 6.07) is 0. The summed E-state index contributed by atoms with van der Waals surface area (Å²) < 4.78 is 5.17. The smallest absolute Gasteiger partial charge is 0.228 e. The van der Waals surface area contributed by atoms with Crippen LogP contribution in [0.3, 0.4) is 0 Å². The third-order valence-corrected chi connectivity index (χ3v) is 1.75. The summed E-state index contributed by atoms with van der Waals surface area (Å²) in [7, 11) is 0. The molecule has 1 aliphatic rings. The Balaban J connectivity index is 2.79. The molecule has 0 spiro atoms. The average Bonchev–Trinajstić information content (AvgIpc) is 2.33. The van der Waals surface area contributed by atoms with Crippen LogP contribution in [0, 0.1) is 5.92 Å². The van der Waals surface area contributed by atoms with E-state index < -0.39 is 0 Å². The molecule has 70 valence electrons. The molecular weight excluding hydrogens is 168 g/mol. The van der Waals surface area contributed by atoms with Crippen LogP contribution >= 0.6 is 0 Å². The fourth-order valence-electron chi connectivity index (χ4n) is 1.06. The van der Waals surface area contributed by atoms with Crippen molar-refractivity contribution in [3.8, 4) is 0 Å². The van der Waals surface area contributed by atoms with E-state index in [0.29, 0.717) is 12.2 Å². The highest BCUT2D eigenvalue weighted by molar-refractivity contribution is 5.79. The molecular formula is C9H12N2O2. The summed E-state index contributed by atoms with van der Waals surface area (Å²) in [5.41, 5.74) is 5.19. The zero-order valence-corrected chi connectivity index (χ0v) is 7.43. The van der Waals surface area contributed by atoms with Crippen molar-refractivity contribution < 1.29 is 9.53 Å². The van der Waals surface area contributed by atoms with Gasteiger partial charge >= 0.3 is 0 Å². The molecule has 13 heavy (non-hydrogen) atoms. The second-order valence-electron chi connectivity index (χ2n) is 2.64. The number of carbonyl (C=O) groups excluding carboxylic acids is 1. The number of carbonyl (C=O) groups is 1. The number of primary amides is 1. The molecule has 1 atom stereocenters. The van der Waals surface area contributed by atoms with Gasteiger partial charge < -0.3 is 10.5 Å². The van der Waals surface area contributed by atoms with Crippen molar-refractivity contribution in [2.24, 2.45) is 16.6 Å². The van der Waals surface area contributed by atoms with Gasteiger partial charge in [0.05, 0.1) is 18.4 Å². The average molecular weight is 180 g/mol. The van der Waals surface area contributed by atoms with Crippen LogP contribution in [0.2, 0.25) is 0 Å². The number of allylic oxidation sites excluding steroid dienone is 1. The number of nitrogens with zero attached hydrogens (tertiary/aromatic N) is 1. The molecule has 0 aromatic heterocycles. The Kier molecular flexibility index (Phi) is 3.25. The maximum atomic E-state index is 11.0. The van der Waals surface area contributed by atoms with E-state index in [-0.39, 0.29) is 11.8 Å². The monoisotopic (exact) mass is 180 g/mol. The Labute approximate surface area is 76.8 Å². The lowest BCUT2D eigenvalue weighted by atomic mass is 10.0. The molecule has 1 aliphatic heterocycles. The largest absolute Gasteiger partial charge is 0.467 e. The lowest BCUT2D eigenvalue weighted by molar-refractivity contribution is -0.121. The van der Waals surface area contributed by atoms with E-state index in [0.717, 1.165) is 0 Å². The van der Waals surface area contributed by atoms with Gasteiger partial charge in [-0.15, -0.1) is 0 Å². The lowest BCUT2D eigenvalue weighted by Gasteiger charge is -2.12. The Morgan fingerprint density at radius 1 is 1.77 bits per heavy atom. The predicted molar refractivity (Wildman–Crippen MR) is 49.8 cm³/mol. The molecule has 1 unspecified atom stereocenters. The molecule has 0 saturated heterocycles. The highest BCUT2D eigenvalue weighted by Crippen LogP contribution is 2.17. The minimum absolute atomic E-state index is 0.389. The first-order valence-corrected chi connectivity index (χ1v) is 4.10. The van der Waals surface area contributed by atoms with Gasteiger partial charge in [0.25, 0.3) is 0 Å². The molecule has 0 fully saturated rings. The van der Waals surface area contributed by atoms with Crippen molar-refractivity contribution in [1.29, 1.82) is 0 Å². The topological polar surface area (TPSA) is 64.7 Å². The van der Waals surface area contributed by atoms with E-state index in [4.69, 9.17) is 10.5 Å². The molecule has 1 rings (SSSR count). The second kappa shape index (κ2) is 4.45. The maximum absolute atomic E-state index is 11.0. The summed E-state index contributed by atoms with van der Waals surface area (Å²) in [5, 5.41) is 0. The third-order valence-electron chi connectivity index (χ3n) is 1.75. The molecule has 0 aromatic rings. The van der Waals surface area contributed by atoms with Crippen molar-refractivity contribution in [2.45, 2.75) is 13.3 Å². The Morgan fingerprint density at radius 2 is 2.54 bits per heavy atom. The van der Waals surface area contributed by atoms with Gasteiger partial charge in [-0.05, 0) is 12.5 Å². The molecule has 4 heteroatoms. The van der Waals surface area contributed by atoms with Gasteiger partial charge in [-0.2, -0.15) is 0 Å². The number of ether oxygens (including phenoxy) is 1. The number of rotatable bonds is 3. The van der Waals surface area contributed by atoms with Gasteiger partial charge in [0.1, 0.15) is 5.76 Å². The van der Waals surface area contributed by atoms with E-state index in [1.165, 1.54) is 12.5 Å². The van der Waals surface area contributed by atoms with E-state index in [1.54, 1.807) is 12.3 Å². The van der Waals surface area contributed by atoms with Gasteiger partial charge in [0, 0.05) is 6.21 Å². The fraction of sp³-hybridized carbons (Fsp3) is 0.333. The highest BCUT2D eigenvalue weighted by atomic mass is 16.5. The predicted octanol–water partition coefficient (Wildman–Crippen LogP) is 0.954. The first kappa shape index (κ1) is 9.51. The normalized spacial score (nSPS) is 17.2. The second-order valence-corrected chi connectivity index (χ2v) is 2.64. The van der Waals surface area contributed by atoms with Crippen LogP contribution in [0.25, 0.3) is 0 Å². The summed E-state index contributed by atoms with van der Waals surface area (Å²) in [4.78, 5) is 14.9. The van der Waals surface area contributed by atoms with E-state index in [9.17, 15) is 4.79 Å². The van der Waals surface area contributed by atoms with Crippen LogP contribution < -0.4 is 5.73 Å². The van der Waals surface area contributed by atoms with Crippen LogP contribution in [-0.2, 0) is 9.53 Å². The van der Waals surface area contributed by atoms with E-state index >= 15 is 0 Å². The summed E-state index contributed by atoms with van der Waals surface area (Å²) in [6.45, 7) is 1.87. The molecule has 4 nitrogen and oxygen atoms in total. The molecule has 0 aromatic carbocycles. The number of amides is 1. The highest BCUT2D eigenvalue weighted by Gasteiger charge is 2.19. The Hall–Kier alpha value is -1.58. The summed E-state index contributed by atoms with van der Waals surface area (Å²) >= 11 is 0. The lowest BCUT2D eigenvalue weighted by Crippen LogP contribution is -2.24. The van der Waals surface area contributed by atoms with Crippen molar-refractivity contribution >= 4 is 12.1 Å². The summed E-state index contributed by atoms with van der Waals surface area (Å²) in [6.07, 6.45) is 6.84. The van der Waals surface area contributed by atoms with Crippen LogP contribution in [-0.4, -0.2) is 12.1 Å². The van der Waals surface area contributed by atoms with Gasteiger partial charge in [0.15, 0.2) is 0 Å². The number of nitrogens with two attached hydrogens (primary N) is 1. The van der Waals surface area contributed by atoms with Crippen LogP contribution in [0.5, 0.6) is 0 Å². The van der Waals surface area contributed by atoms with Crippen molar-refractivity contribution in [3.05, 3.63) is 24.3 Å². The first-order valence-electron chi connectivity index (χ1n) is 4.10. The molecule has 0 radical (unpaired) electrons. The van der Waals surface area contributed by atoms with E-state index in [2.05, 4.69) is 4.99 Å². The minimum atomic E-state index is -0.390. The fourth-order valence-corrected chi connectivity index (χ4v) is 1.06. The van der Waals surface area contributed by atoms with Crippen molar-refractivity contribution in [1.82, 2.24) is 0 Å². The Bertz CT molecular complexity index is 279. The molecule has 2 N–H and O–H groups in total. The third kappa shape index (κ3) is 2.43. The molecule has 1 heterocycles. The standard InChI is InChI=1S/C9H12N2O2/c1-2-7(9(10)12)8-6-11-4-3-5-13-8/h3-7H,2H2,1H3,(H2,10,12). The molecule has 0 bridgehead atoms. The number of hydrogen-bond donors (Lipinski definition) is 1. The van der Waals surface area contributed by atoms with Gasteiger partial charge in [-0.3, -0.25) is 9.79 Å². The van der Waals surface area contributed by atoms with Crippen LogP contribution in [0.4, 0.5) is 0 Å². The van der Waals surface area contributed by atoms with Gasteiger partial charge in [-0.25, -0.2) is 0 Å². The first-order chi connectivity index (χ1) is 6.25. The van der Waals surface area contributed by atoms with Crippen molar-refractivity contribution in [2.75, 3.05) is 0 Å². The van der Waals surface area contributed by atoms with Gasteiger partial charge in [-0.1, -0.05) is 6.92 Å².